The molecular weight excluding hydrogens is 224 g/mol. The second-order valence-electron chi connectivity index (χ2n) is 3.95. The zero-order valence-corrected chi connectivity index (χ0v) is 12.0. The van der Waals surface area contributed by atoms with Crippen molar-refractivity contribution >= 4 is 15.5 Å². The lowest BCUT2D eigenvalue weighted by Crippen LogP contribution is -2.30. The standard InChI is InChI=1S/C11H24O4Si/c1-5-6-7-8-9-10(2)11(12)15-16(13-3)14-4/h10,16H,5-9H2,1-4H3. The van der Waals surface area contributed by atoms with Gasteiger partial charge >= 0.3 is 9.53 Å². The third kappa shape index (κ3) is 6.98. The summed E-state index contributed by atoms with van der Waals surface area (Å²) in [5.41, 5.74) is 0. The molecule has 1 atom stereocenters. The highest BCUT2D eigenvalue weighted by molar-refractivity contribution is 6.39. The topological polar surface area (TPSA) is 44.8 Å². The molecule has 16 heavy (non-hydrogen) atoms. The lowest BCUT2D eigenvalue weighted by Gasteiger charge is -2.15. The van der Waals surface area contributed by atoms with Crippen molar-refractivity contribution < 1.29 is 18.1 Å². The van der Waals surface area contributed by atoms with Crippen LogP contribution in [0.15, 0.2) is 0 Å². The van der Waals surface area contributed by atoms with E-state index in [2.05, 4.69) is 6.92 Å². The Balaban J connectivity index is 3.72. The first-order valence-corrected chi connectivity index (χ1v) is 7.33. The van der Waals surface area contributed by atoms with Gasteiger partial charge in [0.15, 0.2) is 0 Å². The second-order valence-corrected chi connectivity index (χ2v) is 5.70. The number of carbonyl (C=O) groups is 1. The first kappa shape index (κ1) is 15.6. The highest BCUT2D eigenvalue weighted by atomic mass is 28.3. The third-order valence-corrected chi connectivity index (χ3v) is 3.68. The smallest absolute Gasteiger partial charge is 0.475 e. The van der Waals surface area contributed by atoms with Gasteiger partial charge in [0.1, 0.15) is 0 Å². The molecule has 0 radical (unpaired) electrons. The van der Waals surface area contributed by atoms with Crippen molar-refractivity contribution in [3.63, 3.8) is 0 Å². The average molecular weight is 248 g/mol. The Morgan fingerprint density at radius 3 is 2.31 bits per heavy atom. The van der Waals surface area contributed by atoms with Crippen LogP contribution in [0.3, 0.4) is 0 Å². The van der Waals surface area contributed by atoms with Crippen molar-refractivity contribution in [1.82, 2.24) is 0 Å². The molecule has 0 amide bonds. The van der Waals surface area contributed by atoms with E-state index in [4.69, 9.17) is 13.3 Å². The van der Waals surface area contributed by atoms with E-state index in [9.17, 15) is 4.79 Å². The summed E-state index contributed by atoms with van der Waals surface area (Å²) in [6.07, 6.45) is 5.59. The van der Waals surface area contributed by atoms with Crippen LogP contribution in [-0.4, -0.2) is 29.7 Å². The molecule has 0 aliphatic heterocycles. The molecule has 0 saturated heterocycles. The minimum atomic E-state index is -2.20. The molecule has 96 valence electrons. The lowest BCUT2D eigenvalue weighted by atomic mass is 10.0. The van der Waals surface area contributed by atoms with Crippen LogP contribution >= 0.6 is 0 Å². The number of carbonyl (C=O) groups excluding carboxylic acids is 1. The SMILES string of the molecule is CCCCCCC(C)C(=O)O[SiH](OC)OC. The summed E-state index contributed by atoms with van der Waals surface area (Å²) in [7, 11) is 0.796. The van der Waals surface area contributed by atoms with Crippen molar-refractivity contribution in [1.29, 1.82) is 0 Å². The van der Waals surface area contributed by atoms with Crippen molar-refractivity contribution in [2.45, 2.75) is 46.0 Å². The molecule has 5 heteroatoms. The van der Waals surface area contributed by atoms with Crippen molar-refractivity contribution in [3.05, 3.63) is 0 Å². The number of rotatable bonds is 9. The van der Waals surface area contributed by atoms with Gasteiger partial charge in [-0.25, -0.2) is 0 Å². The molecule has 0 aliphatic carbocycles. The Bertz CT molecular complexity index is 183. The molecule has 4 nitrogen and oxygen atoms in total. The van der Waals surface area contributed by atoms with Gasteiger partial charge in [0.25, 0.3) is 5.97 Å². The summed E-state index contributed by atoms with van der Waals surface area (Å²) < 4.78 is 15.0. The minimum absolute atomic E-state index is 0.0582. The fraction of sp³-hybridized carbons (Fsp3) is 0.909. The fourth-order valence-electron chi connectivity index (χ4n) is 1.40. The van der Waals surface area contributed by atoms with E-state index in [1.165, 1.54) is 33.5 Å². The monoisotopic (exact) mass is 248 g/mol. The molecule has 0 fully saturated rings. The largest absolute Gasteiger partial charge is 0.550 e. The molecule has 0 N–H and O–H groups in total. The molecule has 0 aromatic rings. The summed E-state index contributed by atoms with van der Waals surface area (Å²) in [4.78, 5) is 11.6. The van der Waals surface area contributed by atoms with E-state index in [1.54, 1.807) is 0 Å². The first-order chi connectivity index (χ1) is 7.65. The van der Waals surface area contributed by atoms with Gasteiger partial charge < -0.3 is 13.3 Å². The van der Waals surface area contributed by atoms with Gasteiger partial charge in [-0.15, -0.1) is 0 Å². The first-order valence-electron chi connectivity index (χ1n) is 5.91. The molecule has 0 aromatic heterocycles. The van der Waals surface area contributed by atoms with Crippen LogP contribution in [0.4, 0.5) is 0 Å². The van der Waals surface area contributed by atoms with E-state index in [-0.39, 0.29) is 11.9 Å². The van der Waals surface area contributed by atoms with E-state index in [0.717, 1.165) is 12.8 Å². The van der Waals surface area contributed by atoms with Crippen molar-refractivity contribution in [3.8, 4) is 0 Å². The average Bonchev–Trinajstić information content (AvgIpc) is 2.30. The molecule has 0 heterocycles. The van der Waals surface area contributed by atoms with Crippen LogP contribution < -0.4 is 0 Å². The van der Waals surface area contributed by atoms with Gasteiger partial charge in [-0.2, -0.15) is 0 Å². The van der Waals surface area contributed by atoms with E-state index in [0.29, 0.717) is 0 Å². The summed E-state index contributed by atoms with van der Waals surface area (Å²) in [6.45, 7) is 4.07. The van der Waals surface area contributed by atoms with Crippen LogP contribution in [0.1, 0.15) is 46.0 Å². The normalized spacial score (nSPS) is 12.8. The van der Waals surface area contributed by atoms with Crippen LogP contribution in [-0.2, 0) is 18.1 Å². The molecule has 0 saturated carbocycles. The van der Waals surface area contributed by atoms with Crippen molar-refractivity contribution in [2.24, 2.45) is 5.92 Å². The van der Waals surface area contributed by atoms with Gasteiger partial charge in [-0.3, -0.25) is 4.79 Å². The molecular formula is C11H24O4Si. The van der Waals surface area contributed by atoms with Crippen molar-refractivity contribution in [2.75, 3.05) is 14.2 Å². The second kappa shape index (κ2) is 9.81. The summed E-state index contributed by atoms with van der Waals surface area (Å²) in [5.74, 6) is -0.256. The van der Waals surface area contributed by atoms with Crippen LogP contribution in [0.2, 0.25) is 0 Å². The Labute approximate surface area is 100 Å². The predicted octanol–water partition coefficient (Wildman–Crippen LogP) is 2.15. The Morgan fingerprint density at radius 2 is 1.81 bits per heavy atom. The Morgan fingerprint density at radius 1 is 1.19 bits per heavy atom. The highest BCUT2D eigenvalue weighted by Gasteiger charge is 2.21. The number of hydrogen-bond acceptors (Lipinski definition) is 4. The summed E-state index contributed by atoms with van der Waals surface area (Å²) in [6, 6.07) is 0. The summed E-state index contributed by atoms with van der Waals surface area (Å²) in [5, 5.41) is 0. The maximum atomic E-state index is 11.6. The van der Waals surface area contributed by atoms with E-state index >= 15 is 0 Å². The molecule has 1 unspecified atom stereocenters. The van der Waals surface area contributed by atoms with Gasteiger partial charge in [0, 0.05) is 14.2 Å². The molecule has 0 rings (SSSR count). The van der Waals surface area contributed by atoms with Crippen LogP contribution in [0, 0.1) is 5.92 Å². The number of unbranched alkanes of at least 4 members (excludes halogenated alkanes) is 3. The van der Waals surface area contributed by atoms with Gasteiger partial charge in [0.05, 0.1) is 5.92 Å². The third-order valence-electron chi connectivity index (χ3n) is 2.49. The Hall–Kier alpha value is -0.393. The zero-order chi connectivity index (χ0) is 12.4. The molecule has 0 bridgehead atoms. The molecule has 0 aliphatic rings. The fourth-order valence-corrected chi connectivity index (χ4v) is 2.21. The maximum Gasteiger partial charge on any atom is 0.550 e. The molecule has 0 aromatic carbocycles. The van der Waals surface area contributed by atoms with E-state index in [1.807, 2.05) is 6.92 Å². The van der Waals surface area contributed by atoms with Crippen LogP contribution in [0.5, 0.6) is 0 Å². The van der Waals surface area contributed by atoms with Gasteiger partial charge in [0.2, 0.25) is 0 Å². The number of hydrogen-bond donors (Lipinski definition) is 0. The predicted molar refractivity (Wildman–Crippen MR) is 65.2 cm³/mol. The minimum Gasteiger partial charge on any atom is -0.475 e. The Kier molecular flexibility index (Phi) is 9.57. The quantitative estimate of drug-likeness (QED) is 0.463. The maximum absolute atomic E-state index is 11.6. The van der Waals surface area contributed by atoms with Gasteiger partial charge in [-0.05, 0) is 6.42 Å². The lowest BCUT2D eigenvalue weighted by molar-refractivity contribution is -0.141. The van der Waals surface area contributed by atoms with Crippen LogP contribution in [0.25, 0.3) is 0 Å². The molecule has 0 spiro atoms. The highest BCUT2D eigenvalue weighted by Crippen LogP contribution is 2.12. The summed E-state index contributed by atoms with van der Waals surface area (Å²) >= 11 is 0. The van der Waals surface area contributed by atoms with Gasteiger partial charge in [-0.1, -0.05) is 39.5 Å². The zero-order valence-electron chi connectivity index (χ0n) is 10.8. The van der Waals surface area contributed by atoms with E-state index < -0.39 is 9.53 Å².